The first-order valence-electron chi connectivity index (χ1n) is 9.76. The number of Topliss-reactive ketones (excluding diaryl/α,β-unsaturated/α-hetero) is 1. The summed E-state index contributed by atoms with van der Waals surface area (Å²) in [5.74, 6) is 0.630. The molecule has 0 spiro atoms. The number of para-hydroxylation sites is 1. The number of benzene rings is 3. The van der Waals surface area contributed by atoms with Crippen molar-refractivity contribution in [3.63, 3.8) is 0 Å². The number of esters is 1. The number of allylic oxidation sites excluding steroid dienone is 1. The third-order valence-corrected chi connectivity index (χ3v) is 5.83. The Morgan fingerprint density at radius 2 is 1.77 bits per heavy atom. The van der Waals surface area contributed by atoms with E-state index in [4.69, 9.17) is 25.8 Å². The van der Waals surface area contributed by atoms with Gasteiger partial charge in [0.05, 0.1) is 19.1 Å². The molecule has 0 N–H and O–H groups in total. The molecule has 0 saturated heterocycles. The maximum absolute atomic E-state index is 13.1. The molecule has 5 nitrogen and oxygen atoms in total. The third kappa shape index (κ3) is 3.27. The van der Waals surface area contributed by atoms with E-state index in [1.807, 2.05) is 42.5 Å². The number of ketones is 1. The Hall–Kier alpha value is -3.57. The molecular formula is C25H17ClO5. The summed E-state index contributed by atoms with van der Waals surface area (Å²) >= 11 is 6.44. The highest BCUT2D eigenvalue weighted by atomic mass is 35.5. The van der Waals surface area contributed by atoms with Crippen molar-refractivity contribution in [2.75, 3.05) is 7.11 Å². The van der Waals surface area contributed by atoms with Crippen LogP contribution in [-0.2, 0) is 4.79 Å². The van der Waals surface area contributed by atoms with E-state index in [9.17, 15) is 9.59 Å². The molecule has 0 saturated carbocycles. The van der Waals surface area contributed by atoms with E-state index >= 15 is 0 Å². The molecule has 2 aliphatic heterocycles. The van der Waals surface area contributed by atoms with E-state index in [2.05, 4.69) is 0 Å². The van der Waals surface area contributed by atoms with Gasteiger partial charge in [0, 0.05) is 22.1 Å². The first kappa shape index (κ1) is 19.4. The molecule has 154 valence electrons. The van der Waals surface area contributed by atoms with Gasteiger partial charge in [-0.3, -0.25) is 9.59 Å². The molecule has 3 aromatic rings. The Morgan fingerprint density at radius 1 is 1.00 bits per heavy atom. The Morgan fingerprint density at radius 3 is 2.58 bits per heavy atom. The number of hydrogen-bond acceptors (Lipinski definition) is 5. The fraction of sp³-hybridized carbons (Fsp3) is 0.120. The lowest BCUT2D eigenvalue weighted by atomic mass is 9.84. The van der Waals surface area contributed by atoms with Crippen molar-refractivity contribution >= 4 is 29.4 Å². The largest absolute Gasteiger partial charge is 0.496 e. The average molecular weight is 433 g/mol. The summed E-state index contributed by atoms with van der Waals surface area (Å²) in [5.41, 5.74) is 2.59. The first-order valence-corrected chi connectivity index (χ1v) is 10.1. The number of fused-ring (bicyclic) bond motifs is 3. The molecular weight excluding hydrogens is 416 g/mol. The molecule has 0 bridgehead atoms. The third-order valence-electron chi connectivity index (χ3n) is 5.49. The van der Waals surface area contributed by atoms with Crippen molar-refractivity contribution < 1.29 is 23.8 Å². The van der Waals surface area contributed by atoms with E-state index in [1.165, 1.54) is 0 Å². The van der Waals surface area contributed by atoms with Crippen LogP contribution in [-0.4, -0.2) is 18.9 Å². The normalized spacial score (nSPS) is 18.3. The predicted molar refractivity (Wildman–Crippen MR) is 116 cm³/mol. The van der Waals surface area contributed by atoms with Crippen LogP contribution in [0, 0.1) is 0 Å². The number of carbonyl (C=O) groups is 2. The Labute approximate surface area is 183 Å². The summed E-state index contributed by atoms with van der Waals surface area (Å²) in [6.45, 7) is 0. The molecule has 0 radical (unpaired) electrons. The summed E-state index contributed by atoms with van der Waals surface area (Å²) in [6.07, 6.45) is 1.77. The summed E-state index contributed by atoms with van der Waals surface area (Å²) in [7, 11) is 1.57. The van der Waals surface area contributed by atoms with Gasteiger partial charge in [-0.15, -0.1) is 0 Å². The number of halogens is 1. The summed E-state index contributed by atoms with van der Waals surface area (Å²) in [6, 6.07) is 18.0. The molecule has 1 atom stereocenters. The van der Waals surface area contributed by atoms with Gasteiger partial charge in [-0.1, -0.05) is 48.0 Å². The van der Waals surface area contributed by atoms with Gasteiger partial charge < -0.3 is 14.2 Å². The van der Waals surface area contributed by atoms with E-state index in [-0.39, 0.29) is 29.9 Å². The molecule has 0 aliphatic carbocycles. The highest BCUT2D eigenvalue weighted by Crippen LogP contribution is 2.50. The zero-order chi connectivity index (χ0) is 21.5. The lowest BCUT2D eigenvalue weighted by Gasteiger charge is -2.26. The van der Waals surface area contributed by atoms with Crippen LogP contribution in [0.5, 0.6) is 17.2 Å². The highest BCUT2D eigenvalue weighted by Gasteiger charge is 2.39. The second kappa shape index (κ2) is 7.60. The molecule has 0 fully saturated rings. The Bertz CT molecular complexity index is 1260. The van der Waals surface area contributed by atoms with Crippen molar-refractivity contribution in [1.82, 2.24) is 0 Å². The molecule has 0 amide bonds. The number of carbonyl (C=O) groups excluding carboxylic acids is 2. The zero-order valence-corrected chi connectivity index (χ0v) is 17.3. The van der Waals surface area contributed by atoms with Crippen molar-refractivity contribution in [2.24, 2.45) is 0 Å². The summed E-state index contributed by atoms with van der Waals surface area (Å²) in [4.78, 5) is 25.4. The molecule has 2 aliphatic rings. The van der Waals surface area contributed by atoms with Crippen LogP contribution in [0.2, 0.25) is 5.02 Å². The molecule has 3 aromatic carbocycles. The van der Waals surface area contributed by atoms with Crippen molar-refractivity contribution in [1.29, 1.82) is 0 Å². The van der Waals surface area contributed by atoms with Crippen LogP contribution < -0.4 is 14.2 Å². The first-order chi connectivity index (χ1) is 15.1. The second-order valence-electron chi connectivity index (χ2n) is 7.29. The minimum absolute atomic E-state index is 0.107. The number of methoxy groups -OCH3 is 1. The van der Waals surface area contributed by atoms with Gasteiger partial charge in [0.1, 0.15) is 17.2 Å². The zero-order valence-electron chi connectivity index (χ0n) is 16.6. The van der Waals surface area contributed by atoms with Crippen LogP contribution in [0.25, 0.3) is 6.08 Å². The molecule has 5 rings (SSSR count). The standard InChI is InChI=1S/C25H17ClO5/c1-29-19-9-5-2-6-14(19)12-21-24(28)16-10-11-20-23(25(16)31-21)17(13-22(27)30-20)15-7-3-4-8-18(15)26/h2-12,17H,13H2,1H3. The number of rotatable bonds is 3. The van der Waals surface area contributed by atoms with Gasteiger partial charge in [-0.25, -0.2) is 0 Å². The van der Waals surface area contributed by atoms with Crippen molar-refractivity contribution in [3.05, 3.63) is 93.7 Å². The van der Waals surface area contributed by atoms with Gasteiger partial charge in [0.25, 0.3) is 0 Å². The summed E-state index contributed by atoms with van der Waals surface area (Å²) < 4.78 is 16.9. The fourth-order valence-corrected chi connectivity index (χ4v) is 4.32. The average Bonchev–Trinajstić information content (AvgIpc) is 3.09. The summed E-state index contributed by atoms with van der Waals surface area (Å²) in [5, 5.41) is 0.542. The highest BCUT2D eigenvalue weighted by molar-refractivity contribution is 6.31. The fourth-order valence-electron chi connectivity index (χ4n) is 4.06. The quantitative estimate of drug-likeness (QED) is 0.315. The van der Waals surface area contributed by atoms with Crippen molar-refractivity contribution in [2.45, 2.75) is 12.3 Å². The molecule has 2 heterocycles. The van der Waals surface area contributed by atoms with Crippen LogP contribution in [0.1, 0.15) is 39.4 Å². The maximum Gasteiger partial charge on any atom is 0.312 e. The van der Waals surface area contributed by atoms with Crippen LogP contribution in [0.4, 0.5) is 0 Å². The van der Waals surface area contributed by atoms with Gasteiger partial charge in [0.15, 0.2) is 5.76 Å². The monoisotopic (exact) mass is 432 g/mol. The van der Waals surface area contributed by atoms with Crippen LogP contribution >= 0.6 is 11.6 Å². The predicted octanol–water partition coefficient (Wildman–Crippen LogP) is 5.41. The molecule has 1 unspecified atom stereocenters. The van der Waals surface area contributed by atoms with E-state index in [0.29, 0.717) is 33.4 Å². The number of ether oxygens (including phenoxy) is 3. The lowest BCUT2D eigenvalue weighted by molar-refractivity contribution is -0.135. The SMILES string of the molecule is COc1ccccc1C=C1Oc2c(ccc3c2C(c2ccccc2Cl)CC(=O)O3)C1=O. The Balaban J connectivity index is 1.64. The molecule has 31 heavy (non-hydrogen) atoms. The number of hydrogen-bond donors (Lipinski definition) is 0. The minimum atomic E-state index is -0.377. The van der Waals surface area contributed by atoms with Gasteiger partial charge in [-0.05, 0) is 35.9 Å². The van der Waals surface area contributed by atoms with Gasteiger partial charge in [-0.2, -0.15) is 0 Å². The topological polar surface area (TPSA) is 61.8 Å². The smallest absolute Gasteiger partial charge is 0.312 e. The van der Waals surface area contributed by atoms with Crippen molar-refractivity contribution in [3.8, 4) is 17.2 Å². The van der Waals surface area contributed by atoms with E-state index in [1.54, 1.807) is 31.4 Å². The molecule has 6 heteroatoms. The van der Waals surface area contributed by atoms with Gasteiger partial charge >= 0.3 is 5.97 Å². The van der Waals surface area contributed by atoms with E-state index in [0.717, 1.165) is 11.1 Å². The van der Waals surface area contributed by atoms with Crippen LogP contribution in [0.15, 0.2) is 66.4 Å². The lowest BCUT2D eigenvalue weighted by Crippen LogP contribution is -2.21. The molecule has 0 aromatic heterocycles. The second-order valence-corrected chi connectivity index (χ2v) is 7.70. The van der Waals surface area contributed by atoms with Crippen LogP contribution in [0.3, 0.4) is 0 Å². The minimum Gasteiger partial charge on any atom is -0.496 e. The maximum atomic E-state index is 13.1. The Kier molecular flexibility index (Phi) is 4.75. The van der Waals surface area contributed by atoms with E-state index < -0.39 is 0 Å². The van der Waals surface area contributed by atoms with Gasteiger partial charge in [0.2, 0.25) is 5.78 Å².